The van der Waals surface area contributed by atoms with Gasteiger partial charge in [-0.3, -0.25) is 9.69 Å². The second kappa shape index (κ2) is 8.74. The molecule has 4 aromatic rings. The summed E-state index contributed by atoms with van der Waals surface area (Å²) in [6.45, 7) is 3.89. The minimum atomic E-state index is -0.478. The second-order valence-corrected chi connectivity index (χ2v) is 8.21. The Kier molecular flexibility index (Phi) is 5.63. The van der Waals surface area contributed by atoms with Gasteiger partial charge in [0.25, 0.3) is 0 Å². The fraction of sp³-hybridized carbons (Fsp3) is 0.304. The van der Waals surface area contributed by atoms with Crippen molar-refractivity contribution in [1.29, 1.82) is 0 Å². The zero-order valence-corrected chi connectivity index (χ0v) is 18.4. The van der Waals surface area contributed by atoms with Crippen LogP contribution in [0.5, 0.6) is 0 Å². The highest BCUT2D eigenvalue weighted by Gasteiger charge is 2.31. The van der Waals surface area contributed by atoms with Crippen LogP contribution >= 0.6 is 0 Å². The Bertz CT molecular complexity index is 1300. The molecule has 1 aliphatic rings. The molecule has 1 aromatic carbocycles. The number of aromatic amines is 1. The number of nitrogens with zero attached hydrogens (tertiary/aromatic N) is 5. The van der Waals surface area contributed by atoms with E-state index in [-0.39, 0.29) is 6.10 Å². The zero-order valence-electron chi connectivity index (χ0n) is 18.4. The molecule has 5 rings (SSSR count). The van der Waals surface area contributed by atoms with Crippen molar-refractivity contribution in [3.63, 3.8) is 0 Å². The molecule has 4 heterocycles. The van der Waals surface area contributed by atoms with Gasteiger partial charge in [0.1, 0.15) is 0 Å². The summed E-state index contributed by atoms with van der Waals surface area (Å²) < 4.78 is 7.07. The van der Waals surface area contributed by atoms with Gasteiger partial charge in [0.2, 0.25) is 5.95 Å². The van der Waals surface area contributed by atoms with Crippen molar-refractivity contribution in [2.45, 2.75) is 25.7 Å². The number of rotatable bonds is 7. The van der Waals surface area contributed by atoms with E-state index in [1.807, 2.05) is 31.3 Å². The van der Waals surface area contributed by atoms with Crippen LogP contribution in [0, 0.1) is 6.92 Å². The summed E-state index contributed by atoms with van der Waals surface area (Å²) in [5.41, 5.74) is 4.23. The number of fused-ring (bicyclic) bond motifs is 1. The molecule has 10 heteroatoms. The van der Waals surface area contributed by atoms with Crippen LogP contribution in [0.25, 0.3) is 16.7 Å². The summed E-state index contributed by atoms with van der Waals surface area (Å²) in [6, 6.07) is 7.49. The van der Waals surface area contributed by atoms with Crippen LogP contribution in [0.15, 0.2) is 42.9 Å². The van der Waals surface area contributed by atoms with Gasteiger partial charge in [-0.25, -0.2) is 9.67 Å². The first kappa shape index (κ1) is 21.3. The van der Waals surface area contributed by atoms with E-state index >= 15 is 0 Å². The number of likely N-dealkylation sites (tertiary alicyclic amines) is 1. The standard InChI is InChI=1S/C23H25N7O3/c1-14-16(9-29-11-20(32)21(12-29)33-2)10-30(28-14)22-5-6-24-23(27-22)26-17-3-4-19-18(7-17)15(13-31)8-25-19/h3-8,10,13,20-21,25,32H,9,11-12H2,1-2H3,(H,24,26,27)/t20-,21+/m0/s1. The Morgan fingerprint density at radius 3 is 3.00 bits per heavy atom. The number of methoxy groups -OCH3 is 1. The average molecular weight is 447 g/mol. The molecule has 1 saturated heterocycles. The molecule has 0 spiro atoms. The van der Waals surface area contributed by atoms with Crippen LogP contribution in [0.3, 0.4) is 0 Å². The Hall–Kier alpha value is -3.60. The van der Waals surface area contributed by atoms with Gasteiger partial charge in [-0.05, 0) is 25.1 Å². The quantitative estimate of drug-likeness (QED) is 0.369. The van der Waals surface area contributed by atoms with Crippen molar-refractivity contribution in [3.05, 3.63) is 59.7 Å². The second-order valence-electron chi connectivity index (χ2n) is 8.21. The minimum Gasteiger partial charge on any atom is -0.389 e. The Morgan fingerprint density at radius 2 is 2.21 bits per heavy atom. The number of aldehydes is 1. The van der Waals surface area contributed by atoms with Gasteiger partial charge in [0, 0.05) is 79.1 Å². The van der Waals surface area contributed by atoms with E-state index in [0.717, 1.165) is 34.1 Å². The molecule has 3 N–H and O–H groups in total. The maximum Gasteiger partial charge on any atom is 0.229 e. The number of H-pyrrole nitrogens is 1. The first-order valence-corrected chi connectivity index (χ1v) is 10.7. The van der Waals surface area contributed by atoms with E-state index in [4.69, 9.17) is 4.74 Å². The number of carbonyl (C=O) groups is 1. The van der Waals surface area contributed by atoms with Gasteiger partial charge in [-0.1, -0.05) is 0 Å². The number of nitrogens with one attached hydrogen (secondary N) is 2. The van der Waals surface area contributed by atoms with Gasteiger partial charge in [0.15, 0.2) is 12.1 Å². The van der Waals surface area contributed by atoms with E-state index in [1.165, 1.54) is 0 Å². The number of ether oxygens (including phenoxy) is 1. The Balaban J connectivity index is 1.34. The van der Waals surface area contributed by atoms with Crippen molar-refractivity contribution in [3.8, 4) is 5.82 Å². The van der Waals surface area contributed by atoms with Crippen molar-refractivity contribution in [2.24, 2.45) is 0 Å². The third-order valence-electron chi connectivity index (χ3n) is 5.98. The number of anilines is 2. The van der Waals surface area contributed by atoms with E-state index in [0.29, 0.717) is 37.0 Å². The summed E-state index contributed by atoms with van der Waals surface area (Å²) in [4.78, 5) is 25.4. The Morgan fingerprint density at radius 1 is 1.33 bits per heavy atom. The largest absolute Gasteiger partial charge is 0.389 e. The van der Waals surface area contributed by atoms with Crippen molar-refractivity contribution in [1.82, 2.24) is 29.6 Å². The minimum absolute atomic E-state index is 0.163. The van der Waals surface area contributed by atoms with Gasteiger partial charge in [-0.2, -0.15) is 10.1 Å². The van der Waals surface area contributed by atoms with Gasteiger partial charge >= 0.3 is 0 Å². The number of β-amino-alcohol motifs (C(OH)–C–C–N with tert-alkyl or cyclic N) is 1. The lowest BCUT2D eigenvalue weighted by atomic mass is 10.2. The lowest BCUT2D eigenvalue weighted by Crippen LogP contribution is -2.25. The predicted octanol–water partition coefficient (Wildman–Crippen LogP) is 2.20. The number of aliphatic hydroxyl groups is 1. The molecular weight excluding hydrogens is 422 g/mol. The molecule has 0 amide bonds. The Labute approximate surface area is 190 Å². The molecule has 0 saturated carbocycles. The predicted molar refractivity (Wildman–Crippen MR) is 123 cm³/mol. The molecule has 0 unspecified atom stereocenters. The molecule has 3 aromatic heterocycles. The maximum atomic E-state index is 11.2. The van der Waals surface area contributed by atoms with E-state index in [2.05, 4.69) is 30.3 Å². The van der Waals surface area contributed by atoms with Crippen molar-refractivity contribution in [2.75, 3.05) is 25.5 Å². The SMILES string of the molecule is CO[C@@H]1CN(Cc2cn(-c3ccnc(Nc4ccc5[nH]cc(C=O)c5c4)n3)nc2C)C[C@@H]1O. The lowest BCUT2D eigenvalue weighted by molar-refractivity contribution is 0.0215. The lowest BCUT2D eigenvalue weighted by Gasteiger charge is -2.14. The van der Waals surface area contributed by atoms with Crippen molar-refractivity contribution < 1.29 is 14.6 Å². The number of aromatic nitrogens is 5. The molecule has 33 heavy (non-hydrogen) atoms. The molecule has 1 aliphatic heterocycles. The summed E-state index contributed by atoms with van der Waals surface area (Å²) >= 11 is 0. The third-order valence-corrected chi connectivity index (χ3v) is 5.98. The van der Waals surface area contributed by atoms with Crippen LogP contribution in [0.4, 0.5) is 11.6 Å². The monoisotopic (exact) mass is 447 g/mol. The van der Waals surface area contributed by atoms with Crippen LogP contribution in [0.1, 0.15) is 21.6 Å². The summed E-state index contributed by atoms with van der Waals surface area (Å²) in [7, 11) is 1.62. The summed E-state index contributed by atoms with van der Waals surface area (Å²) in [5.74, 6) is 1.06. The number of aryl methyl sites for hydroxylation is 1. The van der Waals surface area contributed by atoms with E-state index in [1.54, 1.807) is 30.3 Å². The molecule has 1 fully saturated rings. The number of carbonyl (C=O) groups excluding carboxylic acids is 1. The first-order chi connectivity index (χ1) is 16.0. The van der Waals surface area contributed by atoms with Gasteiger partial charge in [0.05, 0.1) is 17.9 Å². The molecule has 0 aliphatic carbocycles. The number of hydrogen-bond acceptors (Lipinski definition) is 8. The highest BCUT2D eigenvalue weighted by Crippen LogP contribution is 2.23. The third kappa shape index (κ3) is 4.23. The molecule has 0 radical (unpaired) electrons. The van der Waals surface area contributed by atoms with Gasteiger partial charge < -0.3 is 20.1 Å². The van der Waals surface area contributed by atoms with E-state index in [9.17, 15) is 9.90 Å². The topological polar surface area (TPSA) is 121 Å². The van der Waals surface area contributed by atoms with E-state index < -0.39 is 6.10 Å². The maximum absolute atomic E-state index is 11.2. The molecule has 2 atom stereocenters. The molecule has 0 bridgehead atoms. The number of benzene rings is 1. The zero-order chi connectivity index (χ0) is 22.9. The fourth-order valence-electron chi connectivity index (χ4n) is 4.19. The van der Waals surface area contributed by atoms with Crippen LogP contribution in [-0.4, -0.2) is 73.4 Å². The molecule has 10 nitrogen and oxygen atoms in total. The first-order valence-electron chi connectivity index (χ1n) is 10.7. The van der Waals surface area contributed by atoms with Crippen LogP contribution in [-0.2, 0) is 11.3 Å². The molecular formula is C23H25N7O3. The van der Waals surface area contributed by atoms with Crippen LogP contribution in [0.2, 0.25) is 0 Å². The highest BCUT2D eigenvalue weighted by molar-refractivity contribution is 5.98. The molecule has 170 valence electrons. The average Bonchev–Trinajstić information content (AvgIpc) is 3.50. The summed E-state index contributed by atoms with van der Waals surface area (Å²) in [5, 5.41) is 18.7. The summed E-state index contributed by atoms with van der Waals surface area (Å²) in [6.07, 6.45) is 5.51. The van der Waals surface area contributed by atoms with Crippen molar-refractivity contribution >= 4 is 28.8 Å². The number of hydrogen-bond donors (Lipinski definition) is 3. The van der Waals surface area contributed by atoms with Gasteiger partial charge in [-0.15, -0.1) is 0 Å². The fourth-order valence-corrected chi connectivity index (χ4v) is 4.19. The number of aliphatic hydroxyl groups excluding tert-OH is 1. The smallest absolute Gasteiger partial charge is 0.229 e. The van der Waals surface area contributed by atoms with Crippen LogP contribution < -0.4 is 5.32 Å². The highest BCUT2D eigenvalue weighted by atomic mass is 16.5. The normalized spacial score (nSPS) is 18.8.